The number of hydrogen-bond donors (Lipinski definition) is 3. The molecule has 3 N–H and O–H groups in total. The van der Waals surface area contributed by atoms with Gasteiger partial charge in [-0.15, -0.1) is 12.4 Å². The van der Waals surface area contributed by atoms with E-state index in [1.165, 1.54) is 0 Å². The first-order valence-electron chi connectivity index (χ1n) is 6.33. The molecule has 6 heteroatoms. The van der Waals surface area contributed by atoms with Gasteiger partial charge in [-0.1, -0.05) is 25.1 Å². The van der Waals surface area contributed by atoms with Gasteiger partial charge in [0.2, 0.25) is 5.91 Å². The van der Waals surface area contributed by atoms with Crippen LogP contribution in [0.4, 0.5) is 0 Å². The fourth-order valence-corrected chi connectivity index (χ4v) is 1.82. The van der Waals surface area contributed by atoms with Gasteiger partial charge in [0.25, 0.3) is 0 Å². The van der Waals surface area contributed by atoms with Crippen molar-refractivity contribution < 1.29 is 14.6 Å². The van der Waals surface area contributed by atoms with E-state index in [-0.39, 0.29) is 30.8 Å². The molecule has 1 aromatic rings. The number of ether oxygens (including phenoxy) is 1. The molecule has 0 aliphatic rings. The summed E-state index contributed by atoms with van der Waals surface area (Å²) in [6, 6.07) is 7.23. The third kappa shape index (κ3) is 5.36. The SMILES string of the molecule is CNCC(C)C(=O)NCC(O)c1ccccc1OC.Cl. The summed E-state index contributed by atoms with van der Waals surface area (Å²) in [7, 11) is 3.35. The Bertz CT molecular complexity index is 415. The number of methoxy groups -OCH3 is 1. The highest BCUT2D eigenvalue weighted by Gasteiger charge is 2.16. The van der Waals surface area contributed by atoms with Crippen LogP contribution < -0.4 is 15.4 Å². The van der Waals surface area contributed by atoms with Crippen molar-refractivity contribution in [2.45, 2.75) is 13.0 Å². The normalized spacial score (nSPS) is 13.0. The van der Waals surface area contributed by atoms with Gasteiger partial charge in [-0.3, -0.25) is 4.79 Å². The highest BCUT2D eigenvalue weighted by atomic mass is 35.5. The van der Waals surface area contributed by atoms with Crippen LogP contribution in [0.25, 0.3) is 0 Å². The largest absolute Gasteiger partial charge is 0.496 e. The molecule has 2 unspecified atom stereocenters. The molecule has 5 nitrogen and oxygen atoms in total. The maximum atomic E-state index is 11.7. The van der Waals surface area contributed by atoms with E-state index in [4.69, 9.17) is 4.74 Å². The van der Waals surface area contributed by atoms with E-state index in [1.807, 2.05) is 19.1 Å². The summed E-state index contributed by atoms with van der Waals surface area (Å²) in [5.41, 5.74) is 0.673. The molecule has 0 heterocycles. The van der Waals surface area contributed by atoms with Crippen LogP contribution in [-0.4, -0.2) is 38.3 Å². The highest BCUT2D eigenvalue weighted by Crippen LogP contribution is 2.23. The predicted molar refractivity (Wildman–Crippen MR) is 81.3 cm³/mol. The summed E-state index contributed by atoms with van der Waals surface area (Å²) in [6.45, 7) is 2.62. The Hall–Kier alpha value is -1.30. The van der Waals surface area contributed by atoms with E-state index >= 15 is 0 Å². The second-order valence-corrected chi connectivity index (χ2v) is 4.46. The maximum Gasteiger partial charge on any atom is 0.224 e. The minimum absolute atomic E-state index is 0. The van der Waals surface area contributed by atoms with Crippen LogP contribution in [0.2, 0.25) is 0 Å². The molecular weight excluding hydrogens is 280 g/mol. The molecule has 1 rings (SSSR count). The second kappa shape index (κ2) is 9.58. The molecule has 1 amide bonds. The Kier molecular flexibility index (Phi) is 8.96. The van der Waals surface area contributed by atoms with Gasteiger partial charge in [0.05, 0.1) is 13.2 Å². The monoisotopic (exact) mass is 302 g/mol. The second-order valence-electron chi connectivity index (χ2n) is 4.46. The van der Waals surface area contributed by atoms with E-state index in [1.54, 1.807) is 26.3 Å². The van der Waals surface area contributed by atoms with Crippen LogP contribution in [0.1, 0.15) is 18.6 Å². The van der Waals surface area contributed by atoms with Gasteiger partial charge in [0.1, 0.15) is 5.75 Å². The molecule has 0 spiro atoms. The molecular formula is C14H23ClN2O3. The summed E-state index contributed by atoms with van der Waals surface area (Å²) in [5, 5.41) is 15.8. The topological polar surface area (TPSA) is 70.6 Å². The number of aliphatic hydroxyl groups is 1. The summed E-state index contributed by atoms with van der Waals surface area (Å²) >= 11 is 0. The number of para-hydroxylation sites is 1. The fourth-order valence-electron chi connectivity index (χ4n) is 1.82. The lowest BCUT2D eigenvalue weighted by Crippen LogP contribution is -2.36. The van der Waals surface area contributed by atoms with Crippen molar-refractivity contribution in [1.82, 2.24) is 10.6 Å². The molecule has 0 saturated carbocycles. The van der Waals surface area contributed by atoms with Gasteiger partial charge in [-0.2, -0.15) is 0 Å². The molecule has 0 radical (unpaired) electrons. The number of nitrogens with one attached hydrogen (secondary N) is 2. The Labute approximate surface area is 126 Å². The van der Waals surface area contributed by atoms with Crippen LogP contribution in [0.3, 0.4) is 0 Å². The average Bonchev–Trinajstić information content (AvgIpc) is 2.44. The number of aliphatic hydroxyl groups excluding tert-OH is 1. The smallest absolute Gasteiger partial charge is 0.224 e. The van der Waals surface area contributed by atoms with Crippen molar-refractivity contribution in [2.24, 2.45) is 5.92 Å². The van der Waals surface area contributed by atoms with Gasteiger partial charge in [0, 0.05) is 24.6 Å². The van der Waals surface area contributed by atoms with Crippen LogP contribution >= 0.6 is 12.4 Å². The minimum Gasteiger partial charge on any atom is -0.496 e. The maximum absolute atomic E-state index is 11.7. The van der Waals surface area contributed by atoms with Crippen molar-refractivity contribution in [2.75, 3.05) is 27.2 Å². The molecule has 2 atom stereocenters. The molecule has 114 valence electrons. The lowest BCUT2D eigenvalue weighted by Gasteiger charge is -2.17. The molecule has 0 aliphatic heterocycles. The van der Waals surface area contributed by atoms with E-state index in [9.17, 15) is 9.90 Å². The van der Waals surface area contributed by atoms with Crippen molar-refractivity contribution in [3.63, 3.8) is 0 Å². The summed E-state index contributed by atoms with van der Waals surface area (Å²) < 4.78 is 5.18. The molecule has 0 aromatic heterocycles. The molecule has 0 bridgehead atoms. The van der Waals surface area contributed by atoms with Crippen LogP contribution in [0.5, 0.6) is 5.75 Å². The number of hydrogen-bond acceptors (Lipinski definition) is 4. The van der Waals surface area contributed by atoms with Gasteiger partial charge in [-0.25, -0.2) is 0 Å². The first-order chi connectivity index (χ1) is 9.10. The Balaban J connectivity index is 0.00000361. The zero-order valence-corrected chi connectivity index (χ0v) is 12.9. The Morgan fingerprint density at radius 1 is 1.35 bits per heavy atom. The Morgan fingerprint density at radius 2 is 2.00 bits per heavy atom. The standard InChI is InChI=1S/C14H22N2O3.ClH/c1-10(8-15-2)14(18)16-9-12(17)11-6-4-5-7-13(11)19-3;/h4-7,10,12,15,17H,8-9H2,1-3H3,(H,16,18);1H. The fraction of sp³-hybridized carbons (Fsp3) is 0.500. The van der Waals surface area contributed by atoms with Crippen molar-refractivity contribution >= 4 is 18.3 Å². The van der Waals surface area contributed by atoms with Crippen molar-refractivity contribution in [3.05, 3.63) is 29.8 Å². The first kappa shape index (κ1) is 18.7. The number of amides is 1. The zero-order valence-electron chi connectivity index (χ0n) is 12.1. The number of rotatable bonds is 7. The predicted octanol–water partition coefficient (Wildman–Crippen LogP) is 1.12. The summed E-state index contributed by atoms with van der Waals surface area (Å²) in [5.74, 6) is 0.408. The third-order valence-corrected chi connectivity index (χ3v) is 2.93. The molecule has 0 aliphatic carbocycles. The number of carbonyl (C=O) groups is 1. The zero-order chi connectivity index (χ0) is 14.3. The number of halogens is 1. The van der Waals surface area contributed by atoms with Crippen molar-refractivity contribution in [1.29, 1.82) is 0 Å². The number of carbonyl (C=O) groups excluding carboxylic acids is 1. The summed E-state index contributed by atoms with van der Waals surface area (Å²) in [4.78, 5) is 11.7. The quantitative estimate of drug-likeness (QED) is 0.706. The first-order valence-corrected chi connectivity index (χ1v) is 6.33. The lowest BCUT2D eigenvalue weighted by atomic mass is 10.1. The van der Waals surface area contributed by atoms with E-state index in [0.29, 0.717) is 17.9 Å². The van der Waals surface area contributed by atoms with Gasteiger partial charge >= 0.3 is 0 Å². The van der Waals surface area contributed by atoms with Gasteiger partial charge in [-0.05, 0) is 13.1 Å². The highest BCUT2D eigenvalue weighted by molar-refractivity contribution is 5.85. The molecule has 20 heavy (non-hydrogen) atoms. The van der Waals surface area contributed by atoms with Crippen LogP contribution in [0, 0.1) is 5.92 Å². The minimum atomic E-state index is -0.776. The van der Waals surface area contributed by atoms with E-state index in [2.05, 4.69) is 10.6 Å². The third-order valence-electron chi connectivity index (χ3n) is 2.93. The lowest BCUT2D eigenvalue weighted by molar-refractivity contribution is -0.124. The van der Waals surface area contributed by atoms with E-state index < -0.39 is 6.10 Å². The summed E-state index contributed by atoms with van der Waals surface area (Å²) in [6.07, 6.45) is -0.776. The van der Waals surface area contributed by atoms with Crippen LogP contribution in [-0.2, 0) is 4.79 Å². The Morgan fingerprint density at radius 3 is 2.60 bits per heavy atom. The van der Waals surface area contributed by atoms with Crippen molar-refractivity contribution in [3.8, 4) is 5.75 Å². The molecule has 0 saturated heterocycles. The van der Waals surface area contributed by atoms with Gasteiger partial charge < -0.3 is 20.5 Å². The number of benzene rings is 1. The molecule has 1 aromatic carbocycles. The molecule has 0 fully saturated rings. The average molecular weight is 303 g/mol. The van der Waals surface area contributed by atoms with E-state index in [0.717, 1.165) is 0 Å². The van der Waals surface area contributed by atoms with Gasteiger partial charge in [0.15, 0.2) is 0 Å². The van der Waals surface area contributed by atoms with Crippen LogP contribution in [0.15, 0.2) is 24.3 Å².